The number of carbonyl (C=O) groups is 1. The standard InChI is InChI=1S/C15H15NO3/c1-4-6-10-9(2)16-13-11(14(10)17)7-5-8-12(13)15(18)19-3/h4-5,7-8H,1,6H2,2-3H3,(H,16,17). The number of aromatic amines is 1. The van der Waals surface area contributed by atoms with Gasteiger partial charge in [0.05, 0.1) is 18.2 Å². The average Bonchev–Trinajstić information content (AvgIpc) is 2.42. The van der Waals surface area contributed by atoms with Gasteiger partial charge in [-0.15, -0.1) is 6.58 Å². The van der Waals surface area contributed by atoms with Gasteiger partial charge in [0.15, 0.2) is 5.43 Å². The van der Waals surface area contributed by atoms with Crippen LogP contribution < -0.4 is 5.43 Å². The van der Waals surface area contributed by atoms with Gasteiger partial charge in [-0.3, -0.25) is 4.79 Å². The molecule has 19 heavy (non-hydrogen) atoms. The summed E-state index contributed by atoms with van der Waals surface area (Å²) in [7, 11) is 1.32. The maximum absolute atomic E-state index is 12.4. The zero-order valence-corrected chi connectivity index (χ0v) is 10.9. The smallest absolute Gasteiger partial charge is 0.339 e. The number of ether oxygens (including phenoxy) is 1. The number of methoxy groups -OCH3 is 1. The molecule has 1 heterocycles. The lowest BCUT2D eigenvalue weighted by Crippen LogP contribution is -2.15. The van der Waals surface area contributed by atoms with Crippen LogP contribution in [-0.4, -0.2) is 18.1 Å². The Hall–Kier alpha value is -2.36. The Balaban J connectivity index is 2.83. The van der Waals surface area contributed by atoms with Crippen molar-refractivity contribution in [3.63, 3.8) is 0 Å². The highest BCUT2D eigenvalue weighted by atomic mass is 16.5. The normalized spacial score (nSPS) is 10.4. The Kier molecular flexibility index (Phi) is 3.51. The molecule has 0 aliphatic rings. The Morgan fingerprint density at radius 3 is 2.84 bits per heavy atom. The maximum atomic E-state index is 12.4. The van der Waals surface area contributed by atoms with E-state index in [0.717, 1.165) is 5.69 Å². The lowest BCUT2D eigenvalue weighted by atomic mass is 10.0. The van der Waals surface area contributed by atoms with Gasteiger partial charge in [0.25, 0.3) is 0 Å². The number of esters is 1. The number of aromatic nitrogens is 1. The molecule has 0 bridgehead atoms. The number of rotatable bonds is 3. The summed E-state index contributed by atoms with van der Waals surface area (Å²) in [6.45, 7) is 5.46. The molecule has 98 valence electrons. The second kappa shape index (κ2) is 5.10. The Morgan fingerprint density at radius 1 is 1.47 bits per heavy atom. The second-order valence-electron chi connectivity index (χ2n) is 4.27. The van der Waals surface area contributed by atoms with E-state index in [1.165, 1.54) is 7.11 Å². The summed E-state index contributed by atoms with van der Waals surface area (Å²) in [6.07, 6.45) is 2.19. The third-order valence-corrected chi connectivity index (χ3v) is 3.10. The summed E-state index contributed by atoms with van der Waals surface area (Å²) >= 11 is 0. The van der Waals surface area contributed by atoms with Crippen molar-refractivity contribution in [3.05, 3.63) is 57.9 Å². The molecule has 0 amide bonds. The van der Waals surface area contributed by atoms with E-state index in [4.69, 9.17) is 4.74 Å². The molecule has 4 nitrogen and oxygen atoms in total. The van der Waals surface area contributed by atoms with Crippen molar-refractivity contribution >= 4 is 16.9 Å². The van der Waals surface area contributed by atoms with Crippen LogP contribution in [0.3, 0.4) is 0 Å². The quantitative estimate of drug-likeness (QED) is 0.678. The molecule has 0 aliphatic carbocycles. The molecule has 2 rings (SSSR count). The number of allylic oxidation sites excluding steroid dienone is 1. The molecule has 0 unspecified atom stereocenters. The van der Waals surface area contributed by atoms with Crippen molar-refractivity contribution < 1.29 is 9.53 Å². The van der Waals surface area contributed by atoms with E-state index in [1.54, 1.807) is 24.3 Å². The van der Waals surface area contributed by atoms with Crippen molar-refractivity contribution in [2.24, 2.45) is 0 Å². The summed E-state index contributed by atoms with van der Waals surface area (Å²) < 4.78 is 4.72. The number of para-hydroxylation sites is 1. The van der Waals surface area contributed by atoms with Crippen LogP contribution in [0, 0.1) is 6.92 Å². The fourth-order valence-corrected chi connectivity index (χ4v) is 2.14. The van der Waals surface area contributed by atoms with E-state index in [1.807, 2.05) is 6.92 Å². The molecule has 0 aliphatic heterocycles. The summed E-state index contributed by atoms with van der Waals surface area (Å²) in [5.74, 6) is -0.461. The molecule has 2 aromatic rings. The molecule has 0 saturated heterocycles. The van der Waals surface area contributed by atoms with Crippen molar-refractivity contribution in [3.8, 4) is 0 Å². The third-order valence-electron chi connectivity index (χ3n) is 3.10. The maximum Gasteiger partial charge on any atom is 0.339 e. The van der Waals surface area contributed by atoms with E-state index >= 15 is 0 Å². The predicted octanol–water partition coefficient (Wildman–Crippen LogP) is 2.35. The molecule has 0 spiro atoms. The van der Waals surface area contributed by atoms with Crippen LogP contribution in [-0.2, 0) is 11.2 Å². The van der Waals surface area contributed by atoms with Gasteiger partial charge in [0.2, 0.25) is 0 Å². The minimum absolute atomic E-state index is 0.0723. The van der Waals surface area contributed by atoms with Gasteiger partial charge < -0.3 is 9.72 Å². The van der Waals surface area contributed by atoms with Crippen LogP contribution in [0.15, 0.2) is 35.6 Å². The lowest BCUT2D eigenvalue weighted by molar-refractivity contribution is 0.0603. The van der Waals surface area contributed by atoms with Crippen LogP contribution in [0.4, 0.5) is 0 Å². The molecule has 0 radical (unpaired) electrons. The minimum Gasteiger partial charge on any atom is -0.465 e. The molecule has 1 aromatic carbocycles. The zero-order chi connectivity index (χ0) is 14.0. The largest absolute Gasteiger partial charge is 0.465 e. The van der Waals surface area contributed by atoms with Gasteiger partial charge in [0.1, 0.15) is 0 Å². The van der Waals surface area contributed by atoms with Gasteiger partial charge in [-0.2, -0.15) is 0 Å². The Morgan fingerprint density at radius 2 is 2.21 bits per heavy atom. The van der Waals surface area contributed by atoms with E-state index in [0.29, 0.717) is 28.5 Å². The van der Waals surface area contributed by atoms with E-state index in [2.05, 4.69) is 11.6 Å². The number of nitrogens with one attached hydrogen (secondary N) is 1. The van der Waals surface area contributed by atoms with Crippen molar-refractivity contribution in [1.29, 1.82) is 0 Å². The monoisotopic (exact) mass is 257 g/mol. The number of aryl methyl sites for hydroxylation is 1. The highest BCUT2D eigenvalue weighted by Crippen LogP contribution is 2.17. The molecule has 4 heteroatoms. The van der Waals surface area contributed by atoms with Crippen molar-refractivity contribution in [2.45, 2.75) is 13.3 Å². The van der Waals surface area contributed by atoms with E-state index in [-0.39, 0.29) is 5.43 Å². The molecule has 0 saturated carbocycles. The first kappa shape index (κ1) is 13.1. The molecule has 0 fully saturated rings. The Labute approximate surface area is 110 Å². The number of fused-ring (bicyclic) bond motifs is 1. The highest BCUT2D eigenvalue weighted by molar-refractivity contribution is 6.02. The molecular formula is C15H15NO3. The number of hydrogen-bond acceptors (Lipinski definition) is 3. The SMILES string of the molecule is C=CCc1c(C)[nH]c2c(C(=O)OC)cccc2c1=O. The predicted molar refractivity (Wildman–Crippen MR) is 74.5 cm³/mol. The van der Waals surface area contributed by atoms with Gasteiger partial charge in [0, 0.05) is 16.6 Å². The molecule has 1 N–H and O–H groups in total. The van der Waals surface area contributed by atoms with E-state index < -0.39 is 5.97 Å². The number of hydrogen-bond donors (Lipinski definition) is 1. The zero-order valence-electron chi connectivity index (χ0n) is 10.9. The first-order valence-corrected chi connectivity index (χ1v) is 5.93. The minimum atomic E-state index is -0.461. The van der Waals surface area contributed by atoms with Gasteiger partial charge in [-0.25, -0.2) is 4.79 Å². The van der Waals surface area contributed by atoms with Crippen LogP contribution in [0.2, 0.25) is 0 Å². The lowest BCUT2D eigenvalue weighted by Gasteiger charge is -2.09. The summed E-state index contributed by atoms with van der Waals surface area (Å²) in [5.41, 5.74) is 2.23. The number of benzene rings is 1. The highest BCUT2D eigenvalue weighted by Gasteiger charge is 2.15. The first-order chi connectivity index (χ1) is 9.10. The van der Waals surface area contributed by atoms with Crippen molar-refractivity contribution in [1.82, 2.24) is 4.98 Å². The summed E-state index contributed by atoms with van der Waals surface area (Å²) in [4.78, 5) is 27.2. The number of carbonyl (C=O) groups excluding carboxylic acids is 1. The first-order valence-electron chi connectivity index (χ1n) is 5.93. The molecule has 0 atom stereocenters. The average molecular weight is 257 g/mol. The summed E-state index contributed by atoms with van der Waals surface area (Å²) in [6, 6.07) is 5.01. The second-order valence-corrected chi connectivity index (χ2v) is 4.27. The van der Waals surface area contributed by atoms with Gasteiger partial charge >= 0.3 is 5.97 Å². The molecule has 1 aromatic heterocycles. The van der Waals surface area contributed by atoms with Gasteiger partial charge in [-0.05, 0) is 25.5 Å². The van der Waals surface area contributed by atoms with E-state index in [9.17, 15) is 9.59 Å². The van der Waals surface area contributed by atoms with Crippen LogP contribution in [0.1, 0.15) is 21.6 Å². The number of pyridine rings is 1. The third kappa shape index (κ3) is 2.17. The number of H-pyrrole nitrogens is 1. The van der Waals surface area contributed by atoms with Crippen LogP contribution in [0.5, 0.6) is 0 Å². The Bertz CT molecular complexity index is 713. The fraction of sp³-hybridized carbons (Fsp3) is 0.200. The van der Waals surface area contributed by atoms with Crippen molar-refractivity contribution in [2.75, 3.05) is 7.11 Å². The van der Waals surface area contributed by atoms with Crippen LogP contribution in [0.25, 0.3) is 10.9 Å². The fourth-order valence-electron chi connectivity index (χ4n) is 2.14. The van der Waals surface area contributed by atoms with Gasteiger partial charge in [-0.1, -0.05) is 12.1 Å². The van der Waals surface area contributed by atoms with Crippen LogP contribution >= 0.6 is 0 Å². The summed E-state index contributed by atoms with van der Waals surface area (Å²) in [5, 5.41) is 0.491. The molecular weight excluding hydrogens is 242 g/mol. The topological polar surface area (TPSA) is 59.2 Å².